The molecule has 0 unspecified atom stereocenters. The number of hydrogen-bond donors (Lipinski definition) is 1. The topological polar surface area (TPSA) is 46.0 Å². The summed E-state index contributed by atoms with van der Waals surface area (Å²) >= 11 is 10.7. The summed E-state index contributed by atoms with van der Waals surface area (Å²) in [6.45, 7) is -0.168. The molecular formula is C11H8BrClN2OS. The van der Waals surface area contributed by atoms with Gasteiger partial charge in [-0.15, -0.1) is 0 Å². The number of benzene rings is 1. The molecule has 0 amide bonds. The number of aliphatic hydroxyl groups excluding tert-OH is 1. The van der Waals surface area contributed by atoms with Crippen LogP contribution in [0.1, 0.15) is 5.56 Å². The fourth-order valence-corrected chi connectivity index (χ4v) is 2.60. The Hall–Kier alpha value is -0.620. The number of aliphatic hydroxyl groups is 1. The number of halogens is 2. The van der Waals surface area contributed by atoms with E-state index >= 15 is 0 Å². The SMILES string of the molecule is OCc1c(Cl)ncnc1Sc1ccc(Br)cc1. The molecule has 1 aromatic heterocycles. The summed E-state index contributed by atoms with van der Waals surface area (Å²) in [7, 11) is 0. The van der Waals surface area contributed by atoms with Gasteiger partial charge < -0.3 is 5.11 Å². The van der Waals surface area contributed by atoms with Gasteiger partial charge in [0.15, 0.2) is 0 Å². The fraction of sp³-hybridized carbons (Fsp3) is 0.0909. The predicted octanol–water partition coefficient (Wildman–Crippen LogP) is 3.54. The third-order valence-electron chi connectivity index (χ3n) is 2.04. The number of rotatable bonds is 3. The summed E-state index contributed by atoms with van der Waals surface area (Å²) < 4.78 is 1.02. The molecule has 88 valence electrons. The molecule has 0 aliphatic heterocycles. The van der Waals surface area contributed by atoms with Crippen molar-refractivity contribution < 1.29 is 5.11 Å². The van der Waals surface area contributed by atoms with Crippen molar-refractivity contribution in [3.63, 3.8) is 0 Å². The highest BCUT2D eigenvalue weighted by atomic mass is 79.9. The van der Waals surface area contributed by atoms with Crippen molar-refractivity contribution >= 4 is 39.3 Å². The number of nitrogens with zero attached hydrogens (tertiary/aromatic N) is 2. The summed E-state index contributed by atoms with van der Waals surface area (Å²) in [4.78, 5) is 8.99. The highest BCUT2D eigenvalue weighted by molar-refractivity contribution is 9.10. The van der Waals surface area contributed by atoms with Crippen molar-refractivity contribution in [1.29, 1.82) is 0 Å². The monoisotopic (exact) mass is 330 g/mol. The van der Waals surface area contributed by atoms with Gasteiger partial charge in [0.2, 0.25) is 0 Å². The van der Waals surface area contributed by atoms with Crippen LogP contribution in [0.2, 0.25) is 5.15 Å². The van der Waals surface area contributed by atoms with Crippen molar-refractivity contribution in [2.45, 2.75) is 16.5 Å². The van der Waals surface area contributed by atoms with Gasteiger partial charge in [0.25, 0.3) is 0 Å². The van der Waals surface area contributed by atoms with Crippen LogP contribution in [0.4, 0.5) is 0 Å². The van der Waals surface area contributed by atoms with E-state index in [1.54, 1.807) is 0 Å². The van der Waals surface area contributed by atoms with Crippen LogP contribution in [0.25, 0.3) is 0 Å². The quantitative estimate of drug-likeness (QED) is 0.874. The lowest BCUT2D eigenvalue weighted by molar-refractivity contribution is 0.277. The van der Waals surface area contributed by atoms with Crippen molar-refractivity contribution in [3.8, 4) is 0 Å². The second kappa shape index (κ2) is 5.82. The van der Waals surface area contributed by atoms with E-state index in [0.717, 1.165) is 9.37 Å². The highest BCUT2D eigenvalue weighted by Gasteiger charge is 2.10. The van der Waals surface area contributed by atoms with Crippen molar-refractivity contribution in [3.05, 3.63) is 45.8 Å². The van der Waals surface area contributed by atoms with Crippen LogP contribution in [0.5, 0.6) is 0 Å². The molecule has 0 atom stereocenters. The lowest BCUT2D eigenvalue weighted by atomic mass is 10.4. The van der Waals surface area contributed by atoms with Gasteiger partial charge in [-0.25, -0.2) is 9.97 Å². The van der Waals surface area contributed by atoms with Gasteiger partial charge in [0.1, 0.15) is 16.5 Å². The van der Waals surface area contributed by atoms with Gasteiger partial charge in [0.05, 0.1) is 6.61 Å². The minimum absolute atomic E-state index is 0.168. The average Bonchev–Trinajstić information content (AvgIpc) is 2.32. The minimum Gasteiger partial charge on any atom is -0.391 e. The van der Waals surface area contributed by atoms with E-state index in [9.17, 15) is 5.11 Å². The molecule has 1 aromatic carbocycles. The molecule has 6 heteroatoms. The third-order valence-corrected chi connectivity index (χ3v) is 3.95. The molecule has 1 N–H and O–H groups in total. The molecule has 0 aliphatic rings. The molecule has 0 radical (unpaired) electrons. The molecule has 2 aromatic rings. The standard InChI is InChI=1S/C11H8BrClN2OS/c12-7-1-3-8(4-2-7)17-11-9(5-16)10(13)14-6-15-11/h1-4,6,16H,5H2. The molecule has 17 heavy (non-hydrogen) atoms. The van der Waals surface area contributed by atoms with E-state index in [4.69, 9.17) is 11.6 Å². The second-order valence-electron chi connectivity index (χ2n) is 3.16. The molecule has 0 saturated carbocycles. The van der Waals surface area contributed by atoms with Crippen LogP contribution in [0.3, 0.4) is 0 Å². The number of aromatic nitrogens is 2. The zero-order valence-electron chi connectivity index (χ0n) is 8.60. The first kappa shape index (κ1) is 12.8. The van der Waals surface area contributed by atoms with Crippen LogP contribution in [-0.4, -0.2) is 15.1 Å². The molecule has 3 nitrogen and oxygen atoms in total. The summed E-state index contributed by atoms with van der Waals surface area (Å²) in [5.41, 5.74) is 0.557. The Kier molecular flexibility index (Phi) is 4.39. The smallest absolute Gasteiger partial charge is 0.139 e. The van der Waals surface area contributed by atoms with E-state index in [1.807, 2.05) is 24.3 Å². The van der Waals surface area contributed by atoms with Crippen molar-refractivity contribution in [2.75, 3.05) is 0 Å². The molecule has 0 bridgehead atoms. The Bertz CT molecular complexity index is 521. The molecule has 0 aliphatic carbocycles. The summed E-state index contributed by atoms with van der Waals surface area (Å²) in [5.74, 6) is 0. The Morgan fingerprint density at radius 1 is 1.24 bits per heavy atom. The largest absolute Gasteiger partial charge is 0.391 e. The molecule has 1 heterocycles. The normalized spacial score (nSPS) is 10.5. The minimum atomic E-state index is -0.168. The van der Waals surface area contributed by atoms with Gasteiger partial charge in [-0.1, -0.05) is 39.3 Å². The Morgan fingerprint density at radius 2 is 1.94 bits per heavy atom. The highest BCUT2D eigenvalue weighted by Crippen LogP contribution is 2.31. The summed E-state index contributed by atoms with van der Waals surface area (Å²) in [6.07, 6.45) is 1.39. The van der Waals surface area contributed by atoms with E-state index < -0.39 is 0 Å². The van der Waals surface area contributed by atoms with Crippen molar-refractivity contribution in [1.82, 2.24) is 9.97 Å². The van der Waals surface area contributed by atoms with E-state index in [1.165, 1.54) is 18.1 Å². The van der Waals surface area contributed by atoms with Crippen LogP contribution < -0.4 is 0 Å². The van der Waals surface area contributed by atoms with Gasteiger partial charge in [0, 0.05) is 14.9 Å². The van der Waals surface area contributed by atoms with Gasteiger partial charge >= 0.3 is 0 Å². The maximum absolute atomic E-state index is 9.24. The third kappa shape index (κ3) is 3.19. The first-order chi connectivity index (χ1) is 8.20. The summed E-state index contributed by atoms with van der Waals surface area (Å²) in [5, 5.41) is 10.2. The average molecular weight is 332 g/mol. The predicted molar refractivity (Wildman–Crippen MR) is 71.2 cm³/mol. The molecular weight excluding hydrogens is 324 g/mol. The van der Waals surface area contributed by atoms with Crippen LogP contribution in [0.15, 0.2) is 45.0 Å². The first-order valence-electron chi connectivity index (χ1n) is 4.74. The van der Waals surface area contributed by atoms with Gasteiger partial charge in [-0.2, -0.15) is 0 Å². The Labute approximate surface area is 116 Å². The second-order valence-corrected chi connectivity index (χ2v) is 5.50. The zero-order valence-corrected chi connectivity index (χ0v) is 11.8. The van der Waals surface area contributed by atoms with Crippen molar-refractivity contribution in [2.24, 2.45) is 0 Å². The number of hydrogen-bond acceptors (Lipinski definition) is 4. The van der Waals surface area contributed by atoms with Gasteiger partial charge in [-0.05, 0) is 24.3 Å². The maximum Gasteiger partial charge on any atom is 0.139 e. The van der Waals surface area contributed by atoms with E-state index in [0.29, 0.717) is 15.7 Å². The fourth-order valence-electron chi connectivity index (χ4n) is 1.21. The lowest BCUT2D eigenvalue weighted by Gasteiger charge is -2.06. The Balaban J connectivity index is 2.29. The molecule has 0 fully saturated rings. The molecule has 0 saturated heterocycles. The van der Waals surface area contributed by atoms with E-state index in [-0.39, 0.29) is 6.61 Å². The van der Waals surface area contributed by atoms with Crippen LogP contribution >= 0.6 is 39.3 Å². The molecule has 2 rings (SSSR count). The summed E-state index contributed by atoms with van der Waals surface area (Å²) in [6, 6.07) is 7.82. The van der Waals surface area contributed by atoms with Crippen LogP contribution in [0, 0.1) is 0 Å². The van der Waals surface area contributed by atoms with Gasteiger partial charge in [-0.3, -0.25) is 0 Å². The lowest BCUT2D eigenvalue weighted by Crippen LogP contribution is -1.95. The zero-order chi connectivity index (χ0) is 12.3. The maximum atomic E-state index is 9.24. The van der Waals surface area contributed by atoms with E-state index in [2.05, 4.69) is 25.9 Å². The first-order valence-corrected chi connectivity index (χ1v) is 6.73. The Morgan fingerprint density at radius 3 is 2.59 bits per heavy atom. The molecule has 0 spiro atoms. The van der Waals surface area contributed by atoms with Crippen LogP contribution in [-0.2, 0) is 6.61 Å².